The van der Waals surface area contributed by atoms with Crippen LogP contribution >= 0.6 is 23.2 Å². The van der Waals surface area contributed by atoms with E-state index in [-0.39, 0.29) is 34.4 Å². The molecule has 0 spiro atoms. The molecule has 190 valence electrons. The van der Waals surface area contributed by atoms with Crippen LogP contribution in [0.3, 0.4) is 0 Å². The molecule has 0 aliphatic heterocycles. The molecule has 1 saturated carbocycles. The number of aliphatic hydroxyl groups is 1. The normalized spacial score (nSPS) is 18.5. The minimum absolute atomic E-state index is 0.104. The van der Waals surface area contributed by atoms with E-state index in [2.05, 4.69) is 10.3 Å². The number of nitrogens with one attached hydrogen (secondary N) is 1. The highest BCUT2D eigenvalue weighted by Gasteiger charge is 2.23. The van der Waals surface area contributed by atoms with Crippen molar-refractivity contribution in [3.05, 3.63) is 75.7 Å². The number of hydrogen-bond donors (Lipinski definition) is 3. The maximum absolute atomic E-state index is 14.0. The number of nitrogens with two attached hydrogens (primary N) is 1. The second kappa shape index (κ2) is 11.5. The van der Waals surface area contributed by atoms with Crippen molar-refractivity contribution in [2.45, 2.75) is 44.8 Å². The van der Waals surface area contributed by atoms with Gasteiger partial charge in [0, 0.05) is 40.6 Å². The summed E-state index contributed by atoms with van der Waals surface area (Å²) in [6.45, 7) is 1.91. The summed E-state index contributed by atoms with van der Waals surface area (Å²) in [7, 11) is 0. The highest BCUT2D eigenvalue weighted by molar-refractivity contribution is 6.36. The van der Waals surface area contributed by atoms with Gasteiger partial charge in [0.1, 0.15) is 11.9 Å². The second-order valence-electron chi connectivity index (χ2n) is 9.08. The van der Waals surface area contributed by atoms with Crippen molar-refractivity contribution in [1.29, 1.82) is 0 Å². The van der Waals surface area contributed by atoms with Crippen molar-refractivity contribution in [3.8, 4) is 16.9 Å². The lowest BCUT2D eigenvalue weighted by Crippen LogP contribution is -2.38. The lowest BCUT2D eigenvalue weighted by atomic mass is 9.86. The number of nitrogens with zero attached hydrogens (tertiary/aromatic N) is 1. The first-order chi connectivity index (χ1) is 17.3. The number of aromatic nitrogens is 1. The van der Waals surface area contributed by atoms with Crippen LogP contribution in [0.4, 0.5) is 10.2 Å². The Morgan fingerprint density at radius 1 is 1.17 bits per heavy atom. The molecule has 9 heteroatoms. The van der Waals surface area contributed by atoms with Crippen molar-refractivity contribution < 1.29 is 19.0 Å². The zero-order chi connectivity index (χ0) is 25.8. The fourth-order valence-electron chi connectivity index (χ4n) is 4.44. The van der Waals surface area contributed by atoms with Crippen LogP contribution in [0.1, 0.15) is 54.6 Å². The fourth-order valence-corrected chi connectivity index (χ4v) is 5.12. The van der Waals surface area contributed by atoms with Gasteiger partial charge in [-0.2, -0.15) is 0 Å². The van der Waals surface area contributed by atoms with Crippen LogP contribution in [0.5, 0.6) is 5.75 Å². The van der Waals surface area contributed by atoms with Gasteiger partial charge in [0.2, 0.25) is 0 Å². The van der Waals surface area contributed by atoms with Gasteiger partial charge in [-0.25, -0.2) is 9.37 Å². The summed E-state index contributed by atoms with van der Waals surface area (Å²) < 4.78 is 19.9. The van der Waals surface area contributed by atoms with Crippen molar-refractivity contribution in [1.82, 2.24) is 10.3 Å². The predicted octanol–water partition coefficient (Wildman–Crippen LogP) is 6.20. The van der Waals surface area contributed by atoms with E-state index in [1.165, 1.54) is 12.1 Å². The number of pyridine rings is 1. The van der Waals surface area contributed by atoms with E-state index in [4.69, 9.17) is 33.7 Å². The number of nitrogen functional groups attached to an aromatic ring is 1. The number of ether oxygens (including phenoxy) is 1. The summed E-state index contributed by atoms with van der Waals surface area (Å²) in [6, 6.07) is 11.7. The largest absolute Gasteiger partial charge is 0.482 e. The molecule has 0 unspecified atom stereocenters. The summed E-state index contributed by atoms with van der Waals surface area (Å²) in [5, 5.41) is 12.6. The smallest absolute Gasteiger partial charge is 0.251 e. The molecule has 0 radical (unpaired) electrons. The number of anilines is 1. The highest BCUT2D eigenvalue weighted by Crippen LogP contribution is 2.37. The number of amides is 1. The van der Waals surface area contributed by atoms with E-state index in [0.717, 1.165) is 36.8 Å². The standard InChI is InChI=1S/C27H28Cl2FN3O3/c1-15(24-21(28)10-11-22(30)25(24)29)36-23-12-19(13-32-26(23)31)17-4-6-18(7-5-17)27(35)33-20-8-2-16(14-34)3-9-20/h4-7,10-13,15-16,20,34H,2-3,8-9,14H2,1H3,(H2,31,32)(H,33,35)/t15-,16?,20?/m0/s1. The Balaban J connectivity index is 1.46. The molecular formula is C27H28Cl2FN3O3. The number of carbonyl (C=O) groups is 1. The molecule has 2 aromatic carbocycles. The Morgan fingerprint density at radius 3 is 2.53 bits per heavy atom. The third-order valence-corrected chi connectivity index (χ3v) is 7.31. The quantitative estimate of drug-likeness (QED) is 0.315. The molecule has 6 nitrogen and oxygen atoms in total. The van der Waals surface area contributed by atoms with Gasteiger partial charge in [-0.1, -0.05) is 35.3 Å². The molecule has 4 N–H and O–H groups in total. The molecule has 3 aromatic rings. The van der Waals surface area contributed by atoms with Gasteiger partial charge in [0.25, 0.3) is 5.91 Å². The van der Waals surface area contributed by atoms with E-state index in [1.807, 2.05) is 12.1 Å². The van der Waals surface area contributed by atoms with Crippen LogP contribution in [0.2, 0.25) is 10.0 Å². The average Bonchev–Trinajstić information content (AvgIpc) is 2.88. The molecule has 1 aliphatic rings. The summed E-state index contributed by atoms with van der Waals surface area (Å²) in [4.78, 5) is 16.9. The molecule has 1 aliphatic carbocycles. The van der Waals surface area contributed by atoms with Crippen molar-refractivity contribution in [3.63, 3.8) is 0 Å². The molecule has 1 aromatic heterocycles. The van der Waals surface area contributed by atoms with Gasteiger partial charge in [0.15, 0.2) is 11.6 Å². The zero-order valence-corrected chi connectivity index (χ0v) is 21.3. The highest BCUT2D eigenvalue weighted by atomic mass is 35.5. The van der Waals surface area contributed by atoms with Crippen LogP contribution in [-0.2, 0) is 0 Å². The topological polar surface area (TPSA) is 97.5 Å². The van der Waals surface area contributed by atoms with Crippen LogP contribution in [-0.4, -0.2) is 28.6 Å². The van der Waals surface area contributed by atoms with Gasteiger partial charge in [-0.3, -0.25) is 4.79 Å². The maximum atomic E-state index is 14.0. The Kier molecular flexibility index (Phi) is 8.34. The zero-order valence-electron chi connectivity index (χ0n) is 19.8. The molecule has 36 heavy (non-hydrogen) atoms. The van der Waals surface area contributed by atoms with Crippen LogP contribution in [0.15, 0.2) is 48.7 Å². The van der Waals surface area contributed by atoms with Crippen molar-refractivity contribution >= 4 is 34.9 Å². The van der Waals surface area contributed by atoms with Crippen LogP contribution in [0, 0.1) is 11.7 Å². The molecule has 0 saturated heterocycles. The third-order valence-electron chi connectivity index (χ3n) is 6.59. The minimum Gasteiger partial charge on any atom is -0.482 e. The summed E-state index contributed by atoms with van der Waals surface area (Å²) in [5.74, 6) is 0.1000. The number of halogens is 3. The monoisotopic (exact) mass is 531 g/mol. The summed E-state index contributed by atoms with van der Waals surface area (Å²) in [6.07, 6.45) is 4.53. The lowest BCUT2D eigenvalue weighted by Gasteiger charge is -2.28. The number of aliphatic hydroxyl groups excluding tert-OH is 1. The van der Waals surface area contributed by atoms with E-state index in [0.29, 0.717) is 22.8 Å². The Bertz CT molecular complexity index is 1230. The van der Waals surface area contributed by atoms with Crippen molar-refractivity contribution in [2.75, 3.05) is 12.3 Å². The van der Waals surface area contributed by atoms with E-state index < -0.39 is 11.9 Å². The predicted molar refractivity (Wildman–Crippen MR) is 140 cm³/mol. The molecule has 1 heterocycles. The Hall–Kier alpha value is -2.87. The van der Waals surface area contributed by atoms with Gasteiger partial charge >= 0.3 is 0 Å². The Morgan fingerprint density at radius 2 is 1.86 bits per heavy atom. The van der Waals surface area contributed by atoms with Gasteiger partial charge < -0.3 is 20.9 Å². The minimum atomic E-state index is -0.682. The molecular weight excluding hydrogens is 504 g/mol. The van der Waals surface area contributed by atoms with E-state index in [9.17, 15) is 14.3 Å². The fraction of sp³-hybridized carbons (Fsp3) is 0.333. The van der Waals surface area contributed by atoms with Gasteiger partial charge in [0.05, 0.1) is 5.02 Å². The van der Waals surface area contributed by atoms with Crippen molar-refractivity contribution in [2.24, 2.45) is 5.92 Å². The summed E-state index contributed by atoms with van der Waals surface area (Å²) >= 11 is 12.3. The van der Waals surface area contributed by atoms with Crippen LogP contribution < -0.4 is 15.8 Å². The summed E-state index contributed by atoms with van der Waals surface area (Å²) in [5.41, 5.74) is 8.47. The lowest BCUT2D eigenvalue weighted by molar-refractivity contribution is 0.0914. The van der Waals surface area contributed by atoms with Gasteiger partial charge in [-0.05, 0) is 74.4 Å². The number of hydrogen-bond acceptors (Lipinski definition) is 5. The van der Waals surface area contributed by atoms with Gasteiger partial charge in [-0.15, -0.1) is 0 Å². The number of rotatable bonds is 7. The van der Waals surface area contributed by atoms with E-state index >= 15 is 0 Å². The number of benzene rings is 2. The SMILES string of the molecule is C[C@H](Oc1cc(-c2ccc(C(=O)NC3CCC(CO)CC3)cc2)cnc1N)c1c(Cl)ccc(F)c1Cl. The Labute approximate surface area is 219 Å². The first-order valence-corrected chi connectivity index (χ1v) is 12.6. The molecule has 1 atom stereocenters. The molecule has 4 rings (SSSR count). The first kappa shape index (κ1) is 26.2. The van der Waals surface area contributed by atoms with E-state index in [1.54, 1.807) is 31.3 Å². The molecule has 0 bridgehead atoms. The molecule has 1 amide bonds. The third kappa shape index (κ3) is 5.91. The molecule has 1 fully saturated rings. The second-order valence-corrected chi connectivity index (χ2v) is 9.86. The average molecular weight is 532 g/mol. The number of carbonyl (C=O) groups excluding carboxylic acids is 1. The van der Waals surface area contributed by atoms with Crippen LogP contribution in [0.25, 0.3) is 11.1 Å². The maximum Gasteiger partial charge on any atom is 0.251 e. The first-order valence-electron chi connectivity index (χ1n) is 11.8.